The normalized spacial score (nSPS) is 23.2. The summed E-state index contributed by atoms with van der Waals surface area (Å²) in [7, 11) is -0.906. The van der Waals surface area contributed by atoms with E-state index in [2.05, 4.69) is 0 Å². The molecule has 9 heteroatoms. The number of benzene rings is 2. The third-order valence-electron chi connectivity index (χ3n) is 6.25. The lowest BCUT2D eigenvalue weighted by Crippen LogP contribution is -2.62. The van der Waals surface area contributed by atoms with Gasteiger partial charge >= 0.3 is 17.9 Å². The molecule has 2 aromatic rings. The average Bonchev–Trinajstić information content (AvgIpc) is 2.82. The summed E-state index contributed by atoms with van der Waals surface area (Å²) in [5.74, 6) is -6.31. The molecule has 8 nitrogen and oxygen atoms in total. The molecule has 33 heavy (non-hydrogen) atoms. The first-order valence-corrected chi connectivity index (χ1v) is 11.9. The minimum Gasteiger partial charge on any atom is -0.468 e. The van der Waals surface area contributed by atoms with Gasteiger partial charge in [0.15, 0.2) is 20.5 Å². The van der Waals surface area contributed by atoms with E-state index in [0.717, 1.165) is 26.9 Å². The van der Waals surface area contributed by atoms with Crippen molar-refractivity contribution in [1.29, 1.82) is 0 Å². The molecule has 0 spiro atoms. The fourth-order valence-electron chi connectivity index (χ4n) is 4.74. The van der Waals surface area contributed by atoms with E-state index in [1.807, 2.05) is 6.92 Å². The van der Waals surface area contributed by atoms with Crippen LogP contribution in [0.4, 0.5) is 0 Å². The van der Waals surface area contributed by atoms with Crippen molar-refractivity contribution in [2.75, 3.05) is 27.1 Å². The maximum Gasteiger partial charge on any atom is 0.324 e. The number of carbonyl (C=O) groups is 3. The van der Waals surface area contributed by atoms with Crippen LogP contribution < -0.4 is 0 Å². The second-order valence-corrected chi connectivity index (χ2v) is 10.1. The standard InChI is InChI=1S/C24H26O8S/c1-15-10-12-17(13-11-15)19-20(21(25)30-2)33(28,29)14-18(16-8-6-5-7-9-16)24(19,22(26)31-3)23(27)32-4/h5-13,18-20H,14H2,1-4H3/t18-,19-,20+/m0/s1. The van der Waals surface area contributed by atoms with E-state index < -0.39 is 56.0 Å². The number of esters is 3. The van der Waals surface area contributed by atoms with Crippen molar-refractivity contribution >= 4 is 27.7 Å². The van der Waals surface area contributed by atoms with E-state index in [-0.39, 0.29) is 0 Å². The van der Waals surface area contributed by atoms with Crippen LogP contribution in [0.2, 0.25) is 0 Å². The molecular formula is C24H26O8S. The molecule has 1 fully saturated rings. The van der Waals surface area contributed by atoms with Crippen LogP contribution in [0.15, 0.2) is 54.6 Å². The second-order valence-electron chi connectivity index (χ2n) is 7.98. The Kier molecular flexibility index (Phi) is 6.92. The van der Waals surface area contributed by atoms with E-state index in [9.17, 15) is 22.8 Å². The van der Waals surface area contributed by atoms with Crippen molar-refractivity contribution in [3.05, 3.63) is 71.3 Å². The zero-order valence-corrected chi connectivity index (χ0v) is 19.6. The highest BCUT2D eigenvalue weighted by Gasteiger charge is 2.69. The summed E-state index contributed by atoms with van der Waals surface area (Å²) >= 11 is 0. The SMILES string of the molecule is COC(=O)[C@H]1[C@H](c2ccc(C)cc2)C(C(=O)OC)(C(=O)OC)[C@H](c2ccccc2)CS1(=O)=O. The van der Waals surface area contributed by atoms with Crippen LogP contribution >= 0.6 is 0 Å². The minimum absolute atomic E-state index is 0.302. The fraction of sp³-hybridized carbons (Fsp3) is 0.375. The van der Waals surface area contributed by atoms with Gasteiger partial charge in [-0.25, -0.2) is 8.42 Å². The zero-order chi connectivity index (χ0) is 24.4. The van der Waals surface area contributed by atoms with Crippen LogP contribution in [0.1, 0.15) is 28.5 Å². The van der Waals surface area contributed by atoms with Crippen LogP contribution in [0.5, 0.6) is 0 Å². The molecule has 1 aliphatic heterocycles. The van der Waals surface area contributed by atoms with Gasteiger partial charge in [-0.05, 0) is 18.1 Å². The molecule has 0 radical (unpaired) electrons. The number of methoxy groups -OCH3 is 3. The molecule has 3 atom stereocenters. The average molecular weight is 475 g/mol. The first-order chi connectivity index (χ1) is 15.6. The maximum absolute atomic E-state index is 13.5. The van der Waals surface area contributed by atoms with Gasteiger partial charge in [0, 0.05) is 11.8 Å². The molecular weight excluding hydrogens is 448 g/mol. The number of hydrogen-bond donors (Lipinski definition) is 0. The van der Waals surface area contributed by atoms with Gasteiger partial charge in [-0.3, -0.25) is 14.4 Å². The molecule has 0 aromatic heterocycles. The Labute approximate surface area is 192 Å². The van der Waals surface area contributed by atoms with Crippen LogP contribution in [0, 0.1) is 12.3 Å². The Hall–Kier alpha value is -3.20. The Bertz CT molecular complexity index is 1120. The molecule has 0 unspecified atom stereocenters. The van der Waals surface area contributed by atoms with Gasteiger partial charge in [-0.15, -0.1) is 0 Å². The van der Waals surface area contributed by atoms with Crippen LogP contribution in [-0.4, -0.2) is 58.7 Å². The molecule has 1 aliphatic rings. The summed E-state index contributed by atoms with van der Waals surface area (Å²) < 4.78 is 42.1. The quantitative estimate of drug-likeness (QED) is 0.368. The highest BCUT2D eigenvalue weighted by molar-refractivity contribution is 7.92. The molecule has 0 N–H and O–H groups in total. The maximum atomic E-state index is 13.5. The molecule has 1 heterocycles. The van der Waals surface area contributed by atoms with E-state index in [4.69, 9.17) is 14.2 Å². The van der Waals surface area contributed by atoms with Crippen molar-refractivity contribution < 1.29 is 37.0 Å². The number of aryl methyl sites for hydroxylation is 1. The molecule has 0 amide bonds. The predicted molar refractivity (Wildman–Crippen MR) is 119 cm³/mol. The molecule has 1 saturated heterocycles. The Morgan fingerprint density at radius 2 is 1.36 bits per heavy atom. The van der Waals surface area contributed by atoms with Crippen LogP contribution in [0.25, 0.3) is 0 Å². The van der Waals surface area contributed by atoms with Gasteiger partial charge in [0.05, 0.1) is 27.1 Å². The number of sulfone groups is 1. The zero-order valence-electron chi connectivity index (χ0n) is 18.8. The summed E-state index contributed by atoms with van der Waals surface area (Å²) in [5, 5.41) is -1.82. The third kappa shape index (κ3) is 4.01. The van der Waals surface area contributed by atoms with Crippen molar-refractivity contribution in [3.8, 4) is 0 Å². The Balaban J connectivity index is 2.48. The van der Waals surface area contributed by atoms with E-state index >= 15 is 0 Å². The fourth-order valence-corrected chi connectivity index (χ4v) is 7.05. The van der Waals surface area contributed by atoms with Gasteiger partial charge in [-0.1, -0.05) is 60.2 Å². The van der Waals surface area contributed by atoms with Crippen molar-refractivity contribution in [1.82, 2.24) is 0 Å². The smallest absolute Gasteiger partial charge is 0.324 e. The van der Waals surface area contributed by atoms with Crippen LogP contribution in [0.3, 0.4) is 0 Å². The lowest BCUT2D eigenvalue weighted by atomic mass is 9.61. The number of rotatable bonds is 5. The van der Waals surface area contributed by atoms with Gasteiger partial charge in [0.1, 0.15) is 0 Å². The molecule has 0 saturated carbocycles. The van der Waals surface area contributed by atoms with Gasteiger partial charge in [0.2, 0.25) is 0 Å². The summed E-state index contributed by atoms with van der Waals surface area (Å²) in [4.78, 5) is 39.9. The number of hydrogen-bond acceptors (Lipinski definition) is 8. The second kappa shape index (κ2) is 9.35. The molecule has 0 aliphatic carbocycles. The molecule has 2 aromatic carbocycles. The van der Waals surface area contributed by atoms with Crippen molar-refractivity contribution in [3.63, 3.8) is 0 Å². The van der Waals surface area contributed by atoms with E-state index in [1.54, 1.807) is 54.6 Å². The van der Waals surface area contributed by atoms with E-state index in [0.29, 0.717) is 11.1 Å². The lowest BCUT2D eigenvalue weighted by molar-refractivity contribution is -0.174. The number of carbonyl (C=O) groups excluding carboxylic acids is 3. The molecule has 0 bridgehead atoms. The Morgan fingerprint density at radius 3 is 1.85 bits per heavy atom. The summed E-state index contributed by atoms with van der Waals surface area (Å²) in [6.45, 7) is 1.83. The highest BCUT2D eigenvalue weighted by atomic mass is 32.2. The first-order valence-electron chi connectivity index (χ1n) is 10.2. The number of ether oxygens (including phenoxy) is 3. The van der Waals surface area contributed by atoms with Crippen molar-refractivity contribution in [2.45, 2.75) is 24.0 Å². The topological polar surface area (TPSA) is 113 Å². The summed E-state index contributed by atoms with van der Waals surface area (Å²) in [6, 6.07) is 15.0. The molecule has 3 rings (SSSR count). The minimum atomic E-state index is -4.18. The van der Waals surface area contributed by atoms with Gasteiger partial charge in [0.25, 0.3) is 0 Å². The largest absolute Gasteiger partial charge is 0.468 e. The summed E-state index contributed by atoms with van der Waals surface area (Å²) in [5.41, 5.74) is -0.564. The third-order valence-corrected chi connectivity index (χ3v) is 8.28. The predicted octanol–water partition coefficient (Wildman–Crippen LogP) is 2.16. The van der Waals surface area contributed by atoms with Gasteiger partial charge in [-0.2, -0.15) is 0 Å². The van der Waals surface area contributed by atoms with Crippen LogP contribution in [-0.2, 0) is 38.4 Å². The monoisotopic (exact) mass is 474 g/mol. The van der Waals surface area contributed by atoms with Gasteiger partial charge < -0.3 is 14.2 Å². The highest BCUT2D eigenvalue weighted by Crippen LogP contribution is 2.56. The summed E-state index contributed by atoms with van der Waals surface area (Å²) in [6.07, 6.45) is 0. The Morgan fingerprint density at radius 1 is 0.818 bits per heavy atom. The molecule has 176 valence electrons. The van der Waals surface area contributed by atoms with Crippen molar-refractivity contribution in [2.24, 2.45) is 5.41 Å². The lowest BCUT2D eigenvalue weighted by Gasteiger charge is -2.47. The van der Waals surface area contributed by atoms with E-state index in [1.165, 1.54) is 0 Å². The first kappa shape index (κ1) is 24.4.